The van der Waals surface area contributed by atoms with Gasteiger partial charge in [-0.2, -0.15) is 0 Å². The highest BCUT2D eigenvalue weighted by atomic mass is 79.9. The van der Waals surface area contributed by atoms with Gasteiger partial charge in [0.2, 0.25) is 0 Å². The fourth-order valence-corrected chi connectivity index (χ4v) is 2.71. The van der Waals surface area contributed by atoms with Gasteiger partial charge >= 0.3 is 0 Å². The maximum absolute atomic E-state index is 5.93. The number of nitrogens with one attached hydrogen (secondary N) is 1. The first-order chi connectivity index (χ1) is 8.49. The van der Waals surface area contributed by atoms with Crippen LogP contribution in [0, 0.1) is 5.92 Å². The minimum Gasteiger partial charge on any atom is -0.310 e. The zero-order chi connectivity index (χ0) is 13.5. The molecule has 1 unspecified atom stereocenters. The lowest BCUT2D eigenvalue weighted by atomic mass is 10.0. The Hall–Kier alpha value is -0.0500. The van der Waals surface area contributed by atoms with E-state index in [2.05, 4.69) is 48.1 Å². The van der Waals surface area contributed by atoms with Gasteiger partial charge in [0.05, 0.1) is 0 Å². The van der Waals surface area contributed by atoms with Crippen molar-refractivity contribution in [3.05, 3.63) is 33.3 Å². The molecule has 1 N–H and O–H groups in total. The van der Waals surface area contributed by atoms with Crippen LogP contribution in [0.5, 0.6) is 0 Å². The van der Waals surface area contributed by atoms with Gasteiger partial charge in [-0.1, -0.05) is 60.3 Å². The highest BCUT2D eigenvalue weighted by molar-refractivity contribution is 9.10. The molecule has 0 saturated heterocycles. The summed E-state index contributed by atoms with van der Waals surface area (Å²) in [5.74, 6) is 0.808. The van der Waals surface area contributed by atoms with Crippen molar-refractivity contribution >= 4 is 27.5 Å². The molecule has 0 aliphatic heterocycles. The van der Waals surface area contributed by atoms with Crippen LogP contribution in [0.3, 0.4) is 0 Å². The lowest BCUT2D eigenvalue weighted by Crippen LogP contribution is -2.25. The summed E-state index contributed by atoms with van der Waals surface area (Å²) in [7, 11) is 0. The van der Waals surface area contributed by atoms with E-state index in [1.807, 2.05) is 12.1 Å². The second-order valence-electron chi connectivity index (χ2n) is 5.34. The van der Waals surface area contributed by atoms with E-state index in [0.29, 0.717) is 6.04 Å². The highest BCUT2D eigenvalue weighted by Crippen LogP contribution is 2.21. The molecule has 102 valence electrons. The van der Waals surface area contributed by atoms with Crippen molar-refractivity contribution in [2.24, 2.45) is 5.92 Å². The summed E-state index contributed by atoms with van der Waals surface area (Å²) in [6.07, 6.45) is 3.85. The van der Waals surface area contributed by atoms with E-state index in [0.717, 1.165) is 22.0 Å². The van der Waals surface area contributed by atoms with Crippen LogP contribution in [0.15, 0.2) is 22.7 Å². The third-order valence-electron chi connectivity index (χ3n) is 3.07. The fraction of sp³-hybridized carbons (Fsp3) is 0.600. The predicted molar refractivity (Wildman–Crippen MR) is 84.1 cm³/mol. The second-order valence-corrected chi connectivity index (χ2v) is 6.63. The minimum atomic E-state index is 0.561. The summed E-state index contributed by atoms with van der Waals surface area (Å²) in [6, 6.07) is 6.51. The normalized spacial score (nSPS) is 13.0. The molecule has 0 radical (unpaired) electrons. The van der Waals surface area contributed by atoms with E-state index < -0.39 is 0 Å². The van der Waals surface area contributed by atoms with E-state index in [1.165, 1.54) is 24.8 Å². The quantitative estimate of drug-likeness (QED) is 0.704. The van der Waals surface area contributed by atoms with E-state index >= 15 is 0 Å². The first-order valence-corrected chi connectivity index (χ1v) is 7.83. The van der Waals surface area contributed by atoms with Crippen LogP contribution in [-0.4, -0.2) is 6.04 Å². The number of hydrogen-bond acceptors (Lipinski definition) is 1. The van der Waals surface area contributed by atoms with E-state index in [9.17, 15) is 0 Å². The molecule has 0 heterocycles. The molecule has 0 aromatic heterocycles. The molecule has 1 nitrogen and oxygen atoms in total. The Morgan fingerprint density at radius 1 is 1.22 bits per heavy atom. The number of benzene rings is 1. The van der Waals surface area contributed by atoms with Gasteiger partial charge in [-0.25, -0.2) is 0 Å². The Morgan fingerprint density at radius 2 is 1.94 bits per heavy atom. The first-order valence-electron chi connectivity index (χ1n) is 6.66. The van der Waals surface area contributed by atoms with Crippen molar-refractivity contribution in [2.75, 3.05) is 0 Å². The summed E-state index contributed by atoms with van der Waals surface area (Å²) in [5, 5.41) is 4.33. The lowest BCUT2D eigenvalue weighted by Gasteiger charge is -2.15. The Kier molecular flexibility index (Phi) is 7.28. The number of halogens is 2. The number of hydrogen-bond donors (Lipinski definition) is 1. The molecule has 0 aliphatic rings. The van der Waals surface area contributed by atoms with Crippen LogP contribution >= 0.6 is 27.5 Å². The van der Waals surface area contributed by atoms with Gasteiger partial charge in [0.1, 0.15) is 0 Å². The molecular formula is C15H23BrClN. The minimum absolute atomic E-state index is 0.561. The van der Waals surface area contributed by atoms with Crippen LogP contribution in [-0.2, 0) is 6.54 Å². The van der Waals surface area contributed by atoms with Gasteiger partial charge in [0.25, 0.3) is 0 Å². The van der Waals surface area contributed by atoms with Gasteiger partial charge in [0.15, 0.2) is 0 Å². The molecule has 3 heteroatoms. The van der Waals surface area contributed by atoms with Crippen LogP contribution in [0.1, 0.15) is 45.6 Å². The zero-order valence-electron chi connectivity index (χ0n) is 11.5. The topological polar surface area (TPSA) is 12.0 Å². The average Bonchev–Trinajstić information content (AvgIpc) is 2.27. The summed E-state index contributed by atoms with van der Waals surface area (Å²) in [4.78, 5) is 0. The molecule has 0 spiro atoms. The molecule has 0 bridgehead atoms. The van der Waals surface area contributed by atoms with E-state index in [4.69, 9.17) is 11.6 Å². The molecule has 0 aliphatic carbocycles. The first kappa shape index (κ1) is 16.0. The van der Waals surface area contributed by atoms with Crippen molar-refractivity contribution in [3.8, 4) is 0 Å². The van der Waals surface area contributed by atoms with Crippen LogP contribution in [0.2, 0.25) is 5.02 Å². The highest BCUT2D eigenvalue weighted by Gasteiger charge is 2.05. The van der Waals surface area contributed by atoms with Gasteiger partial charge < -0.3 is 5.32 Å². The molecule has 0 fully saturated rings. The van der Waals surface area contributed by atoms with Gasteiger partial charge in [-0.15, -0.1) is 0 Å². The summed E-state index contributed by atoms with van der Waals surface area (Å²) >= 11 is 9.47. The van der Waals surface area contributed by atoms with Crippen molar-refractivity contribution in [1.29, 1.82) is 0 Å². The molecule has 0 saturated carbocycles. The average molecular weight is 333 g/mol. The molecule has 1 rings (SSSR count). The van der Waals surface area contributed by atoms with Crippen LogP contribution in [0.4, 0.5) is 0 Å². The molecule has 1 atom stereocenters. The van der Waals surface area contributed by atoms with Crippen molar-refractivity contribution < 1.29 is 0 Å². The summed E-state index contributed by atoms with van der Waals surface area (Å²) in [5.41, 5.74) is 1.26. The van der Waals surface area contributed by atoms with E-state index in [-0.39, 0.29) is 0 Å². The molecule has 18 heavy (non-hydrogen) atoms. The van der Waals surface area contributed by atoms with E-state index in [1.54, 1.807) is 0 Å². The van der Waals surface area contributed by atoms with Gasteiger partial charge in [-0.05, 0) is 37.0 Å². The predicted octanol–water partition coefficient (Wildman–Crippen LogP) is 5.41. The van der Waals surface area contributed by atoms with Gasteiger partial charge in [0, 0.05) is 22.1 Å². The maximum Gasteiger partial charge on any atom is 0.0417 e. The lowest BCUT2D eigenvalue weighted by molar-refractivity contribution is 0.457. The smallest absolute Gasteiger partial charge is 0.0417 e. The third kappa shape index (κ3) is 6.21. The fourth-order valence-electron chi connectivity index (χ4n) is 1.88. The monoisotopic (exact) mass is 331 g/mol. The summed E-state index contributed by atoms with van der Waals surface area (Å²) < 4.78 is 1.08. The molecule has 1 aromatic rings. The zero-order valence-corrected chi connectivity index (χ0v) is 13.8. The second kappa shape index (κ2) is 8.19. The van der Waals surface area contributed by atoms with Crippen molar-refractivity contribution in [1.82, 2.24) is 5.32 Å². The Labute approximate surface area is 124 Å². The third-order valence-corrected chi connectivity index (χ3v) is 4.05. The Balaban J connectivity index is 2.31. The molecule has 1 aromatic carbocycles. The van der Waals surface area contributed by atoms with Crippen LogP contribution < -0.4 is 5.32 Å². The Bertz CT molecular complexity index is 366. The molecular weight excluding hydrogens is 310 g/mol. The van der Waals surface area contributed by atoms with Crippen molar-refractivity contribution in [2.45, 2.75) is 52.6 Å². The molecule has 0 amide bonds. The summed E-state index contributed by atoms with van der Waals surface area (Å²) in [6.45, 7) is 7.70. The Morgan fingerprint density at radius 3 is 2.56 bits per heavy atom. The SMILES string of the molecule is CC(C)CCCC(C)NCc1ccc(Cl)cc1Br. The standard InChI is InChI=1S/C15H23BrClN/c1-11(2)5-4-6-12(3)18-10-13-7-8-14(17)9-15(13)16/h7-9,11-12,18H,4-6,10H2,1-3H3. The van der Waals surface area contributed by atoms with Crippen molar-refractivity contribution in [3.63, 3.8) is 0 Å². The largest absolute Gasteiger partial charge is 0.310 e. The number of rotatable bonds is 7. The van der Waals surface area contributed by atoms with Gasteiger partial charge in [-0.3, -0.25) is 0 Å². The van der Waals surface area contributed by atoms with Crippen LogP contribution in [0.25, 0.3) is 0 Å². The maximum atomic E-state index is 5.93.